The number of methoxy groups -OCH3 is 1. The first-order valence-electron chi connectivity index (χ1n) is 9.14. The zero-order valence-corrected chi connectivity index (χ0v) is 18.9. The zero-order chi connectivity index (χ0) is 20.1. The van der Waals surface area contributed by atoms with E-state index in [1.54, 1.807) is 7.11 Å². The maximum atomic E-state index is 12.3. The minimum atomic E-state index is -0.222. The van der Waals surface area contributed by atoms with Gasteiger partial charge in [-0.1, -0.05) is 24.4 Å². The van der Waals surface area contributed by atoms with Gasteiger partial charge in [-0.2, -0.15) is 0 Å². The van der Waals surface area contributed by atoms with E-state index in [4.69, 9.17) is 21.7 Å². The van der Waals surface area contributed by atoms with Crippen molar-refractivity contribution in [1.29, 1.82) is 0 Å². The normalized spacial score (nSPS) is 13.3. The van der Waals surface area contributed by atoms with Crippen molar-refractivity contribution in [3.05, 3.63) is 51.1 Å². The molecule has 0 spiro atoms. The summed E-state index contributed by atoms with van der Waals surface area (Å²) in [7, 11) is 1.59. The lowest BCUT2D eigenvalue weighted by Gasteiger charge is -2.20. The maximum Gasteiger partial charge on any atom is 0.262 e. The minimum absolute atomic E-state index is 0.101. The van der Waals surface area contributed by atoms with E-state index >= 15 is 0 Å². The molecule has 0 radical (unpaired) electrons. The van der Waals surface area contributed by atoms with Crippen molar-refractivity contribution in [2.24, 2.45) is 0 Å². The summed E-state index contributed by atoms with van der Waals surface area (Å²) in [6, 6.07) is 11.5. The highest BCUT2D eigenvalue weighted by Gasteiger charge is 2.20. The van der Waals surface area contributed by atoms with Crippen LogP contribution in [-0.4, -0.2) is 42.6 Å². The van der Waals surface area contributed by atoms with Gasteiger partial charge in [-0.05, 0) is 72.2 Å². The van der Waals surface area contributed by atoms with Gasteiger partial charge in [0.1, 0.15) is 4.99 Å². The van der Waals surface area contributed by atoms with Crippen LogP contribution in [0, 0.1) is 10.5 Å². The van der Waals surface area contributed by atoms with Crippen molar-refractivity contribution >= 4 is 51.4 Å². The molecule has 0 bridgehead atoms. The van der Waals surface area contributed by atoms with Crippen molar-refractivity contribution in [1.82, 2.24) is 4.90 Å². The van der Waals surface area contributed by atoms with E-state index in [0.717, 1.165) is 38.5 Å². The lowest BCUT2D eigenvalue weighted by molar-refractivity contribution is -0.118. The van der Waals surface area contributed by atoms with E-state index < -0.39 is 0 Å². The number of nitrogens with zero attached hydrogens (tertiary/aromatic N) is 1. The summed E-state index contributed by atoms with van der Waals surface area (Å²) in [5.41, 5.74) is 2.77. The van der Waals surface area contributed by atoms with Gasteiger partial charge in [0.05, 0.1) is 10.7 Å². The number of hydrogen-bond donors (Lipinski definition) is 1. The maximum absolute atomic E-state index is 12.3. The molecule has 2 aromatic rings. The van der Waals surface area contributed by atoms with E-state index in [2.05, 4.69) is 32.8 Å². The molecule has 7 heteroatoms. The smallest absolute Gasteiger partial charge is 0.262 e. The minimum Gasteiger partial charge on any atom is -0.493 e. The third-order valence-corrected chi connectivity index (χ3v) is 5.81. The van der Waals surface area contributed by atoms with Crippen LogP contribution in [0.4, 0.5) is 5.69 Å². The number of amides is 1. The third-order valence-electron chi connectivity index (χ3n) is 4.52. The van der Waals surface area contributed by atoms with Gasteiger partial charge in [-0.3, -0.25) is 4.79 Å². The molecule has 0 atom stereocenters. The lowest BCUT2D eigenvalue weighted by Crippen LogP contribution is -2.26. The molecular weight excluding hydrogens is 487 g/mol. The monoisotopic (exact) mass is 510 g/mol. The second-order valence-electron chi connectivity index (χ2n) is 6.70. The van der Waals surface area contributed by atoms with Crippen LogP contribution in [0.15, 0.2) is 36.4 Å². The van der Waals surface area contributed by atoms with Gasteiger partial charge in [0.15, 0.2) is 18.1 Å². The van der Waals surface area contributed by atoms with Crippen LogP contribution in [0.1, 0.15) is 24.0 Å². The highest BCUT2D eigenvalue weighted by Crippen LogP contribution is 2.34. The number of aryl methyl sites for hydroxylation is 1. The first-order chi connectivity index (χ1) is 13.5. The summed E-state index contributed by atoms with van der Waals surface area (Å²) >= 11 is 7.83. The molecule has 1 fully saturated rings. The Bertz CT molecular complexity index is 882. The lowest BCUT2D eigenvalue weighted by atomic mass is 10.2. The van der Waals surface area contributed by atoms with Crippen LogP contribution in [0.2, 0.25) is 0 Å². The topological polar surface area (TPSA) is 50.8 Å². The number of nitrogens with one attached hydrogen (secondary N) is 1. The Morgan fingerprint density at radius 3 is 2.68 bits per heavy atom. The fourth-order valence-corrected chi connectivity index (χ4v) is 4.20. The SMILES string of the molecule is COc1cc(C(=S)N2CCCC2)cc(I)c1OCC(=O)Nc1cccc(C)c1. The van der Waals surface area contributed by atoms with Crippen molar-refractivity contribution in [2.75, 3.05) is 32.1 Å². The number of likely N-dealkylation sites (tertiary alicyclic amines) is 1. The molecule has 0 unspecified atom stereocenters. The average molecular weight is 510 g/mol. The number of carbonyl (C=O) groups excluding carboxylic acids is 1. The van der Waals surface area contributed by atoms with Crippen LogP contribution in [0.3, 0.4) is 0 Å². The predicted molar refractivity (Wildman–Crippen MR) is 124 cm³/mol. The summed E-state index contributed by atoms with van der Waals surface area (Å²) < 4.78 is 12.1. The van der Waals surface area contributed by atoms with Crippen LogP contribution >= 0.6 is 34.8 Å². The second-order valence-corrected chi connectivity index (χ2v) is 8.24. The Kier molecular flexibility index (Phi) is 7.12. The van der Waals surface area contributed by atoms with Crippen molar-refractivity contribution in [2.45, 2.75) is 19.8 Å². The number of halogens is 1. The molecule has 1 N–H and O–H groups in total. The summed E-state index contributed by atoms with van der Waals surface area (Å²) in [5.74, 6) is 0.905. The fraction of sp³-hybridized carbons (Fsp3) is 0.333. The largest absolute Gasteiger partial charge is 0.493 e. The van der Waals surface area contributed by atoms with Gasteiger partial charge in [-0.15, -0.1) is 0 Å². The summed E-state index contributed by atoms with van der Waals surface area (Å²) in [5, 5.41) is 2.84. The first kappa shape index (κ1) is 20.9. The van der Waals surface area contributed by atoms with Gasteiger partial charge in [-0.25, -0.2) is 0 Å². The standard InChI is InChI=1S/C21H23IN2O3S/c1-14-6-5-7-16(10-14)23-19(25)13-27-20-17(22)11-15(12-18(20)26-2)21(28)24-8-3-4-9-24/h5-7,10-12H,3-4,8-9,13H2,1-2H3,(H,23,25). The molecule has 1 aliphatic rings. The van der Waals surface area contributed by atoms with Gasteiger partial charge in [0.2, 0.25) is 0 Å². The van der Waals surface area contributed by atoms with Crippen LogP contribution in [0.25, 0.3) is 0 Å². The number of anilines is 1. The average Bonchev–Trinajstić information content (AvgIpc) is 3.20. The van der Waals surface area contributed by atoms with Crippen molar-refractivity contribution in [3.8, 4) is 11.5 Å². The molecule has 0 aromatic heterocycles. The number of thiocarbonyl (C=S) groups is 1. The van der Waals surface area contributed by atoms with E-state index in [1.807, 2.05) is 43.3 Å². The van der Waals surface area contributed by atoms with E-state index in [-0.39, 0.29) is 12.5 Å². The fourth-order valence-electron chi connectivity index (χ4n) is 3.14. The number of ether oxygens (including phenoxy) is 2. The Morgan fingerprint density at radius 1 is 1.25 bits per heavy atom. The molecule has 1 amide bonds. The third kappa shape index (κ3) is 5.14. The number of hydrogen-bond acceptors (Lipinski definition) is 4. The molecule has 1 saturated heterocycles. The van der Waals surface area contributed by atoms with Gasteiger partial charge in [0, 0.05) is 24.3 Å². The van der Waals surface area contributed by atoms with Crippen molar-refractivity contribution in [3.63, 3.8) is 0 Å². The Morgan fingerprint density at radius 2 is 2.00 bits per heavy atom. The second kappa shape index (κ2) is 9.56. The van der Waals surface area contributed by atoms with E-state index in [0.29, 0.717) is 11.5 Å². The molecule has 0 saturated carbocycles. The molecule has 3 rings (SSSR count). The number of benzene rings is 2. The predicted octanol–water partition coefficient (Wildman–Crippen LogP) is 4.40. The molecule has 1 heterocycles. The molecular formula is C21H23IN2O3S. The Hall–Kier alpha value is -1.87. The molecule has 148 valence electrons. The van der Waals surface area contributed by atoms with Crippen LogP contribution in [-0.2, 0) is 4.79 Å². The van der Waals surface area contributed by atoms with Gasteiger partial charge in [0.25, 0.3) is 5.91 Å². The highest BCUT2D eigenvalue weighted by atomic mass is 127. The van der Waals surface area contributed by atoms with Gasteiger partial charge >= 0.3 is 0 Å². The quantitative estimate of drug-likeness (QED) is 0.462. The van der Waals surface area contributed by atoms with Crippen LogP contribution in [0.5, 0.6) is 11.5 Å². The van der Waals surface area contributed by atoms with Crippen LogP contribution < -0.4 is 14.8 Å². The Balaban J connectivity index is 1.69. The van der Waals surface area contributed by atoms with E-state index in [9.17, 15) is 4.79 Å². The summed E-state index contributed by atoms with van der Waals surface area (Å²) in [6.45, 7) is 3.87. The molecule has 28 heavy (non-hydrogen) atoms. The molecule has 5 nitrogen and oxygen atoms in total. The first-order valence-corrected chi connectivity index (χ1v) is 10.6. The number of carbonyl (C=O) groups is 1. The highest BCUT2D eigenvalue weighted by molar-refractivity contribution is 14.1. The summed E-state index contributed by atoms with van der Waals surface area (Å²) in [4.78, 5) is 15.3. The molecule has 2 aromatic carbocycles. The molecule has 0 aliphatic carbocycles. The Labute approximate surface area is 184 Å². The number of rotatable bonds is 6. The zero-order valence-electron chi connectivity index (χ0n) is 16.0. The molecule has 1 aliphatic heterocycles. The summed E-state index contributed by atoms with van der Waals surface area (Å²) in [6.07, 6.45) is 2.34. The van der Waals surface area contributed by atoms with Crippen molar-refractivity contribution < 1.29 is 14.3 Å². The van der Waals surface area contributed by atoms with Gasteiger partial charge < -0.3 is 19.7 Å². The van der Waals surface area contributed by atoms with E-state index in [1.165, 1.54) is 12.8 Å².